The molecule has 2 aromatic carbocycles. The summed E-state index contributed by atoms with van der Waals surface area (Å²) < 4.78 is 14.9. The predicted molar refractivity (Wildman–Crippen MR) is 122 cm³/mol. The van der Waals surface area contributed by atoms with E-state index in [1.54, 1.807) is 13.8 Å². The van der Waals surface area contributed by atoms with Gasteiger partial charge >= 0.3 is 5.97 Å². The third kappa shape index (κ3) is 5.25. The largest absolute Gasteiger partial charge is 0.481 e. The summed E-state index contributed by atoms with van der Waals surface area (Å²) in [5.41, 5.74) is 2.32. The van der Waals surface area contributed by atoms with Crippen LogP contribution >= 0.6 is 11.6 Å². The van der Waals surface area contributed by atoms with Gasteiger partial charge in [0.2, 0.25) is 0 Å². The fourth-order valence-electron chi connectivity index (χ4n) is 4.32. The Bertz CT molecular complexity index is 880. The van der Waals surface area contributed by atoms with Crippen LogP contribution in [0.4, 0.5) is 21.5 Å². The van der Waals surface area contributed by atoms with Gasteiger partial charge in [-0.3, -0.25) is 4.79 Å². The first-order valence-corrected chi connectivity index (χ1v) is 10.9. The van der Waals surface area contributed by atoms with E-state index in [1.165, 1.54) is 0 Å². The van der Waals surface area contributed by atoms with Crippen molar-refractivity contribution in [3.05, 3.63) is 53.1 Å². The summed E-state index contributed by atoms with van der Waals surface area (Å²) in [5, 5.41) is 13.4. The number of carboxylic acids is 1. The molecule has 2 unspecified atom stereocenters. The average Bonchev–Trinajstić information content (AvgIpc) is 3.18. The highest BCUT2D eigenvalue weighted by atomic mass is 35.5. The van der Waals surface area contributed by atoms with Crippen molar-refractivity contribution in [2.45, 2.75) is 64.1 Å². The highest BCUT2D eigenvalue weighted by molar-refractivity contribution is 6.30. The summed E-state index contributed by atoms with van der Waals surface area (Å²) in [5.74, 6) is -0.883. The van der Waals surface area contributed by atoms with Gasteiger partial charge in [0.1, 0.15) is 5.67 Å². The Morgan fingerprint density at radius 1 is 1.30 bits per heavy atom. The van der Waals surface area contributed by atoms with Gasteiger partial charge in [0.05, 0.1) is 23.8 Å². The molecular weight excluding hydrogens is 403 g/mol. The van der Waals surface area contributed by atoms with Crippen molar-refractivity contribution in [3.63, 3.8) is 0 Å². The Labute approximate surface area is 183 Å². The molecule has 1 saturated heterocycles. The molecule has 2 atom stereocenters. The first kappa shape index (κ1) is 22.4. The molecule has 2 aromatic rings. The minimum absolute atomic E-state index is 0.0747. The van der Waals surface area contributed by atoms with Crippen LogP contribution < -0.4 is 10.2 Å². The van der Waals surface area contributed by atoms with E-state index in [-0.39, 0.29) is 18.4 Å². The standard InChI is InChI=1S/C24H30ClFN2O2/c1-4-16(15-23(29)30)17-7-12-21(28-13-5-6-22(28)24(2,3)26)20(14-17)27-19-10-8-18(25)9-11-19/h7-12,14,16,22,27H,4-6,13,15H2,1-3H3,(H,29,30). The molecule has 0 spiro atoms. The summed E-state index contributed by atoms with van der Waals surface area (Å²) in [6.07, 6.45) is 2.56. The number of anilines is 3. The molecule has 30 heavy (non-hydrogen) atoms. The minimum Gasteiger partial charge on any atom is -0.481 e. The third-order valence-corrected chi connectivity index (χ3v) is 6.14. The Morgan fingerprint density at radius 3 is 2.60 bits per heavy atom. The molecule has 0 saturated carbocycles. The van der Waals surface area contributed by atoms with Crippen LogP contribution in [-0.4, -0.2) is 29.3 Å². The second-order valence-electron chi connectivity index (χ2n) is 8.53. The SMILES string of the molecule is CCC(CC(=O)O)c1ccc(N2CCCC2C(C)(C)F)c(Nc2ccc(Cl)cc2)c1. The van der Waals surface area contributed by atoms with E-state index in [0.29, 0.717) is 5.02 Å². The van der Waals surface area contributed by atoms with Crippen molar-refractivity contribution < 1.29 is 14.3 Å². The molecular formula is C24H30ClFN2O2. The van der Waals surface area contributed by atoms with Crippen molar-refractivity contribution >= 4 is 34.6 Å². The van der Waals surface area contributed by atoms with E-state index >= 15 is 0 Å². The van der Waals surface area contributed by atoms with Crippen LogP contribution in [0, 0.1) is 0 Å². The number of aliphatic carboxylic acids is 1. The highest BCUT2D eigenvalue weighted by Gasteiger charge is 2.38. The van der Waals surface area contributed by atoms with E-state index in [2.05, 4.69) is 10.2 Å². The Hall–Kier alpha value is -2.27. The van der Waals surface area contributed by atoms with Crippen molar-refractivity contribution in [3.8, 4) is 0 Å². The molecule has 0 aromatic heterocycles. The van der Waals surface area contributed by atoms with E-state index in [9.17, 15) is 14.3 Å². The van der Waals surface area contributed by atoms with Crippen LogP contribution in [0.5, 0.6) is 0 Å². The Morgan fingerprint density at radius 2 is 2.00 bits per heavy atom. The van der Waals surface area contributed by atoms with Crippen molar-refractivity contribution in [2.75, 3.05) is 16.8 Å². The van der Waals surface area contributed by atoms with Gasteiger partial charge in [-0.1, -0.05) is 24.6 Å². The lowest BCUT2D eigenvalue weighted by atomic mass is 9.92. The van der Waals surface area contributed by atoms with E-state index in [0.717, 1.165) is 48.4 Å². The number of hydrogen-bond donors (Lipinski definition) is 2. The second-order valence-corrected chi connectivity index (χ2v) is 8.96. The zero-order valence-corrected chi connectivity index (χ0v) is 18.5. The molecule has 0 aliphatic carbocycles. The van der Waals surface area contributed by atoms with Crippen LogP contribution in [0.1, 0.15) is 57.9 Å². The number of carbonyl (C=O) groups is 1. The van der Waals surface area contributed by atoms with Gasteiger partial charge in [-0.05, 0) is 81.0 Å². The van der Waals surface area contributed by atoms with E-state index < -0.39 is 11.6 Å². The zero-order chi connectivity index (χ0) is 21.9. The summed E-state index contributed by atoms with van der Waals surface area (Å²) in [7, 11) is 0. The highest BCUT2D eigenvalue weighted by Crippen LogP contribution is 2.40. The predicted octanol–water partition coefficient (Wildman–Crippen LogP) is 6.77. The molecule has 1 aliphatic rings. The molecule has 2 N–H and O–H groups in total. The van der Waals surface area contributed by atoms with Crippen LogP contribution in [0.2, 0.25) is 5.02 Å². The van der Waals surface area contributed by atoms with Crippen LogP contribution in [0.25, 0.3) is 0 Å². The molecule has 1 fully saturated rings. The first-order valence-electron chi connectivity index (χ1n) is 10.5. The molecule has 4 nitrogen and oxygen atoms in total. The lowest BCUT2D eigenvalue weighted by Crippen LogP contribution is -2.43. The van der Waals surface area contributed by atoms with Crippen molar-refractivity contribution in [2.24, 2.45) is 0 Å². The number of rotatable bonds is 8. The van der Waals surface area contributed by atoms with Crippen LogP contribution in [-0.2, 0) is 4.79 Å². The molecule has 0 bridgehead atoms. The number of nitrogens with one attached hydrogen (secondary N) is 1. The van der Waals surface area contributed by atoms with Crippen molar-refractivity contribution in [1.29, 1.82) is 0 Å². The molecule has 0 amide bonds. The van der Waals surface area contributed by atoms with Gasteiger partial charge in [0.15, 0.2) is 0 Å². The Kier molecular flexibility index (Phi) is 6.91. The van der Waals surface area contributed by atoms with Crippen molar-refractivity contribution in [1.82, 2.24) is 0 Å². The fourth-order valence-corrected chi connectivity index (χ4v) is 4.45. The quantitative estimate of drug-likeness (QED) is 0.483. The van der Waals surface area contributed by atoms with Crippen LogP contribution in [0.3, 0.4) is 0 Å². The van der Waals surface area contributed by atoms with Gasteiger partial charge in [0.25, 0.3) is 0 Å². The zero-order valence-electron chi connectivity index (χ0n) is 17.8. The lowest BCUT2D eigenvalue weighted by molar-refractivity contribution is -0.137. The maximum Gasteiger partial charge on any atom is 0.303 e. The van der Waals surface area contributed by atoms with Gasteiger partial charge in [-0.2, -0.15) is 0 Å². The Balaban J connectivity index is 2.02. The van der Waals surface area contributed by atoms with Gasteiger partial charge < -0.3 is 15.3 Å². The van der Waals surface area contributed by atoms with E-state index in [1.807, 2.05) is 49.4 Å². The monoisotopic (exact) mass is 432 g/mol. The van der Waals surface area contributed by atoms with E-state index in [4.69, 9.17) is 11.6 Å². The minimum atomic E-state index is -1.32. The summed E-state index contributed by atoms with van der Waals surface area (Å²) in [6, 6.07) is 13.2. The first-order chi connectivity index (χ1) is 14.2. The fraction of sp³-hybridized carbons (Fsp3) is 0.458. The molecule has 162 valence electrons. The number of halogens is 2. The number of alkyl halides is 1. The molecule has 6 heteroatoms. The maximum atomic E-state index is 14.9. The lowest BCUT2D eigenvalue weighted by Gasteiger charge is -2.35. The summed E-state index contributed by atoms with van der Waals surface area (Å²) >= 11 is 6.02. The maximum absolute atomic E-state index is 14.9. The molecule has 1 heterocycles. The molecule has 1 aliphatic heterocycles. The van der Waals surface area contributed by atoms with Gasteiger partial charge in [-0.15, -0.1) is 0 Å². The second kappa shape index (κ2) is 9.25. The number of nitrogens with zero attached hydrogens (tertiary/aromatic N) is 1. The summed E-state index contributed by atoms with van der Waals surface area (Å²) in [4.78, 5) is 13.4. The average molecular weight is 433 g/mol. The normalized spacial score (nSPS) is 17.8. The topological polar surface area (TPSA) is 52.6 Å². The summed E-state index contributed by atoms with van der Waals surface area (Å²) in [6.45, 7) is 6.06. The van der Waals surface area contributed by atoms with Crippen LogP contribution in [0.15, 0.2) is 42.5 Å². The number of carboxylic acid groups (broad SMARTS) is 1. The molecule has 3 rings (SSSR count). The number of benzene rings is 2. The third-order valence-electron chi connectivity index (χ3n) is 5.88. The van der Waals surface area contributed by atoms with Gasteiger partial charge in [0, 0.05) is 17.3 Å². The number of hydrogen-bond acceptors (Lipinski definition) is 3. The smallest absolute Gasteiger partial charge is 0.303 e. The van der Waals surface area contributed by atoms with Gasteiger partial charge in [-0.25, -0.2) is 4.39 Å². The molecule has 0 radical (unpaired) electrons.